The van der Waals surface area contributed by atoms with Crippen LogP contribution in [0.25, 0.3) is 0 Å². The molecule has 0 aromatic rings. The molecule has 17 heteroatoms. The Bertz CT molecular complexity index is 1110. The second-order valence-corrected chi connectivity index (χ2v) is 15.6. The van der Waals surface area contributed by atoms with Crippen LogP contribution >= 0.6 is 7.60 Å². The van der Waals surface area contributed by atoms with Crippen molar-refractivity contribution >= 4 is 37.1 Å². The van der Waals surface area contributed by atoms with Crippen molar-refractivity contribution in [2.75, 3.05) is 59.3 Å². The molecule has 0 aliphatic heterocycles. The number of amides is 5. The second-order valence-electron chi connectivity index (χ2n) is 13.2. The number of nitrogens with one attached hydrogen (secondary N) is 5. The SMILES string of the molecule is CCCOCCNC(=O)CCC(NC(=O)CCC(NC(=O)C1CCC(OP(=O)([O-])C(C)C)CC1)C(=O)NCCOCCC)C(=O)NCCOCCC. The van der Waals surface area contributed by atoms with Crippen LogP contribution in [0.5, 0.6) is 0 Å². The van der Waals surface area contributed by atoms with Crippen molar-refractivity contribution in [3.8, 4) is 0 Å². The van der Waals surface area contributed by atoms with Crippen LogP contribution in [0.2, 0.25) is 0 Å². The van der Waals surface area contributed by atoms with E-state index in [9.17, 15) is 33.4 Å². The maximum Gasteiger partial charge on any atom is 0.242 e. The summed E-state index contributed by atoms with van der Waals surface area (Å²) in [7, 11) is -4.00. The fourth-order valence-corrected chi connectivity index (χ4v) is 6.10. The van der Waals surface area contributed by atoms with E-state index in [2.05, 4.69) is 26.6 Å². The minimum atomic E-state index is -4.00. The molecule has 0 aromatic carbocycles. The highest BCUT2D eigenvalue weighted by atomic mass is 31.2. The van der Waals surface area contributed by atoms with Gasteiger partial charge in [-0.15, -0.1) is 0 Å². The minimum absolute atomic E-state index is 0.0171. The monoisotopic (exact) mass is 762 g/mol. The lowest BCUT2D eigenvalue weighted by molar-refractivity contribution is -0.205. The molecule has 0 saturated heterocycles. The second kappa shape index (κ2) is 27.9. The lowest BCUT2D eigenvalue weighted by atomic mass is 9.86. The van der Waals surface area contributed by atoms with E-state index in [1.807, 2.05) is 20.8 Å². The number of carbonyl (C=O) groups is 5. The highest BCUT2D eigenvalue weighted by molar-refractivity contribution is 7.52. The van der Waals surface area contributed by atoms with Crippen LogP contribution in [0.1, 0.15) is 105 Å². The average Bonchev–Trinajstić information content (AvgIpc) is 3.11. The Morgan fingerprint density at radius 1 is 0.654 bits per heavy atom. The fraction of sp³-hybridized carbons (Fsp3) is 0.857. The van der Waals surface area contributed by atoms with E-state index in [1.165, 1.54) is 0 Å². The molecule has 5 amide bonds. The third kappa shape index (κ3) is 21.2. The minimum Gasteiger partial charge on any atom is -0.778 e. The molecule has 1 saturated carbocycles. The molecule has 52 heavy (non-hydrogen) atoms. The van der Waals surface area contributed by atoms with Gasteiger partial charge in [-0.2, -0.15) is 0 Å². The van der Waals surface area contributed by atoms with Crippen molar-refractivity contribution in [2.45, 2.75) is 129 Å². The molecule has 0 heterocycles. The van der Waals surface area contributed by atoms with Gasteiger partial charge in [0.1, 0.15) is 19.7 Å². The van der Waals surface area contributed by atoms with E-state index in [0.29, 0.717) is 65.3 Å². The van der Waals surface area contributed by atoms with Crippen molar-refractivity contribution in [3.63, 3.8) is 0 Å². The van der Waals surface area contributed by atoms with Gasteiger partial charge in [-0.1, -0.05) is 34.6 Å². The fourth-order valence-electron chi connectivity index (χ4n) is 5.23. The summed E-state index contributed by atoms with van der Waals surface area (Å²) in [5, 5.41) is 13.7. The van der Waals surface area contributed by atoms with Crippen LogP contribution < -0.4 is 31.5 Å². The Kier molecular flexibility index (Phi) is 25.4. The molecule has 302 valence electrons. The summed E-state index contributed by atoms with van der Waals surface area (Å²) in [5.41, 5.74) is -0.646. The van der Waals surface area contributed by atoms with Crippen LogP contribution in [-0.2, 0) is 47.3 Å². The Labute approximate surface area is 309 Å². The summed E-state index contributed by atoms with van der Waals surface area (Å²) in [6.45, 7) is 12.4. The van der Waals surface area contributed by atoms with Crippen molar-refractivity contribution in [3.05, 3.63) is 0 Å². The van der Waals surface area contributed by atoms with Crippen LogP contribution in [0.15, 0.2) is 0 Å². The van der Waals surface area contributed by atoms with Crippen LogP contribution in [0.3, 0.4) is 0 Å². The summed E-state index contributed by atoms with van der Waals surface area (Å²) in [5.74, 6) is -2.60. The summed E-state index contributed by atoms with van der Waals surface area (Å²) in [6, 6.07) is -2.07. The normalized spacial score (nSPS) is 18.1. The third-order valence-corrected chi connectivity index (χ3v) is 10.1. The average molecular weight is 763 g/mol. The number of carbonyl (C=O) groups excluding carboxylic acids is 5. The third-order valence-electron chi connectivity index (χ3n) is 8.28. The molecule has 0 aromatic heterocycles. The number of hydrogen-bond donors (Lipinski definition) is 5. The Morgan fingerprint density at radius 2 is 1.10 bits per heavy atom. The van der Waals surface area contributed by atoms with Crippen LogP contribution in [0.4, 0.5) is 0 Å². The van der Waals surface area contributed by atoms with Gasteiger partial charge in [0.2, 0.25) is 29.5 Å². The molecular weight excluding hydrogens is 697 g/mol. The van der Waals surface area contributed by atoms with E-state index in [0.717, 1.165) is 19.3 Å². The van der Waals surface area contributed by atoms with Gasteiger partial charge in [-0.05, 0) is 57.8 Å². The van der Waals surface area contributed by atoms with E-state index in [4.69, 9.17) is 18.7 Å². The van der Waals surface area contributed by atoms with Gasteiger partial charge in [0.25, 0.3) is 0 Å². The molecule has 16 nitrogen and oxygen atoms in total. The predicted molar refractivity (Wildman–Crippen MR) is 194 cm³/mol. The zero-order valence-corrected chi connectivity index (χ0v) is 32.9. The van der Waals surface area contributed by atoms with Crippen molar-refractivity contribution in [1.82, 2.24) is 26.6 Å². The topological polar surface area (TPSA) is 223 Å². The smallest absolute Gasteiger partial charge is 0.242 e. The summed E-state index contributed by atoms with van der Waals surface area (Å²) in [6.07, 6.45) is 3.32. The quantitative estimate of drug-likeness (QED) is 0.0545. The molecule has 1 aliphatic rings. The zero-order chi connectivity index (χ0) is 38.8. The first-order chi connectivity index (χ1) is 24.8. The maximum absolute atomic E-state index is 13.3. The molecule has 1 fully saturated rings. The van der Waals surface area contributed by atoms with E-state index >= 15 is 0 Å². The lowest BCUT2D eigenvalue weighted by Crippen LogP contribution is -2.51. The molecule has 1 aliphatic carbocycles. The van der Waals surface area contributed by atoms with E-state index in [-0.39, 0.29) is 57.2 Å². The van der Waals surface area contributed by atoms with E-state index < -0.39 is 55.1 Å². The van der Waals surface area contributed by atoms with Crippen molar-refractivity contribution < 1.29 is 52.2 Å². The maximum atomic E-state index is 13.3. The zero-order valence-electron chi connectivity index (χ0n) is 32.0. The predicted octanol–water partition coefficient (Wildman–Crippen LogP) is 1.68. The summed E-state index contributed by atoms with van der Waals surface area (Å²) in [4.78, 5) is 77.4. The lowest BCUT2D eigenvalue weighted by Gasteiger charge is -2.35. The van der Waals surface area contributed by atoms with Crippen molar-refractivity contribution in [2.24, 2.45) is 5.92 Å². The Balaban J connectivity index is 2.86. The first-order valence-electron chi connectivity index (χ1n) is 19.0. The first-order valence-corrected chi connectivity index (χ1v) is 20.6. The van der Waals surface area contributed by atoms with Gasteiger partial charge in [0, 0.05) is 63.9 Å². The van der Waals surface area contributed by atoms with Gasteiger partial charge in [0.05, 0.1) is 25.9 Å². The molecule has 1 rings (SSSR count). The van der Waals surface area contributed by atoms with Crippen LogP contribution in [0, 0.1) is 5.92 Å². The Morgan fingerprint density at radius 3 is 1.56 bits per heavy atom. The van der Waals surface area contributed by atoms with Gasteiger partial charge >= 0.3 is 0 Å². The number of ether oxygens (including phenoxy) is 3. The molecule has 0 bridgehead atoms. The van der Waals surface area contributed by atoms with Gasteiger partial charge in [-0.3, -0.25) is 24.0 Å². The largest absolute Gasteiger partial charge is 0.778 e. The summed E-state index contributed by atoms with van der Waals surface area (Å²) < 4.78 is 33.8. The van der Waals surface area contributed by atoms with E-state index in [1.54, 1.807) is 13.8 Å². The highest BCUT2D eigenvalue weighted by Crippen LogP contribution is 2.46. The Hall–Kier alpha value is -2.62. The molecular formula is C35H65N5O11P-. The number of hydrogen-bond acceptors (Lipinski definition) is 11. The molecule has 3 unspecified atom stereocenters. The standard InChI is InChI=1S/C35H66N5O11P/c1-6-20-48-23-17-36-31(41)15-13-29(34(44)37-18-24-49-21-7-2)39-32(42)16-14-30(35(45)38-19-25-50-22-8-3)40-33(43)27-9-11-28(12-10-27)51-52(46,47)26(4)5/h26-30H,6-25H2,1-5H3,(H,36,41)(H,37,44)(H,38,45)(H,39,42)(H,40,43)(H,46,47)/p-1. The van der Waals surface area contributed by atoms with Gasteiger partial charge in [-0.25, -0.2) is 0 Å². The molecule has 0 radical (unpaired) electrons. The van der Waals surface area contributed by atoms with Crippen LogP contribution in [-0.4, -0.2) is 113 Å². The first kappa shape index (κ1) is 47.4. The summed E-state index contributed by atoms with van der Waals surface area (Å²) >= 11 is 0. The number of rotatable bonds is 29. The molecule has 5 N–H and O–H groups in total. The van der Waals surface area contributed by atoms with Gasteiger partial charge in [0.15, 0.2) is 0 Å². The highest BCUT2D eigenvalue weighted by Gasteiger charge is 2.32. The van der Waals surface area contributed by atoms with Gasteiger partial charge < -0.3 is 54.8 Å². The van der Waals surface area contributed by atoms with Crippen molar-refractivity contribution in [1.29, 1.82) is 0 Å². The molecule has 3 atom stereocenters. The molecule has 0 spiro atoms.